The Balaban J connectivity index is 2.20. The second kappa shape index (κ2) is 6.72. The third-order valence-corrected chi connectivity index (χ3v) is 3.22. The fourth-order valence-electron chi connectivity index (χ4n) is 1.30. The molecule has 6 heteroatoms. The van der Waals surface area contributed by atoms with Crippen LogP contribution in [0.5, 0.6) is 5.75 Å². The molecule has 18 heavy (non-hydrogen) atoms. The fourth-order valence-corrected chi connectivity index (χ4v) is 1.65. The van der Waals surface area contributed by atoms with E-state index in [4.69, 9.17) is 14.6 Å². The van der Waals surface area contributed by atoms with E-state index < -0.39 is 10.0 Å². The van der Waals surface area contributed by atoms with E-state index in [0.29, 0.717) is 13.2 Å². The summed E-state index contributed by atoms with van der Waals surface area (Å²) in [6, 6.07) is 5.85. The number of aryl methyl sites for hydroxylation is 2. The Labute approximate surface area is 108 Å². The van der Waals surface area contributed by atoms with Gasteiger partial charge >= 0.3 is 0 Å². The van der Waals surface area contributed by atoms with Crippen molar-refractivity contribution in [1.29, 1.82) is 0 Å². The number of rotatable bonds is 7. The Kier molecular flexibility index (Phi) is 5.58. The molecule has 5 nitrogen and oxygen atoms in total. The summed E-state index contributed by atoms with van der Waals surface area (Å²) in [5, 5.41) is 4.83. The SMILES string of the molecule is Cc1ccc(OCCOCCS(N)(=O)=O)cc1C. The molecule has 102 valence electrons. The molecule has 0 unspecified atom stereocenters. The van der Waals surface area contributed by atoms with Crippen LogP contribution >= 0.6 is 0 Å². The van der Waals surface area contributed by atoms with E-state index in [1.165, 1.54) is 11.1 Å². The molecule has 1 rings (SSSR count). The van der Waals surface area contributed by atoms with E-state index in [9.17, 15) is 8.42 Å². The molecule has 0 spiro atoms. The van der Waals surface area contributed by atoms with Crippen LogP contribution in [-0.2, 0) is 14.8 Å². The molecular formula is C12H19NO4S. The monoisotopic (exact) mass is 273 g/mol. The van der Waals surface area contributed by atoms with Gasteiger partial charge in [-0.15, -0.1) is 0 Å². The highest BCUT2D eigenvalue weighted by atomic mass is 32.2. The van der Waals surface area contributed by atoms with Crippen LogP contribution in [0.15, 0.2) is 18.2 Å². The molecule has 1 aromatic rings. The van der Waals surface area contributed by atoms with Crippen molar-refractivity contribution < 1.29 is 17.9 Å². The predicted molar refractivity (Wildman–Crippen MR) is 70.2 cm³/mol. The van der Waals surface area contributed by atoms with Crippen LogP contribution in [0.25, 0.3) is 0 Å². The Morgan fingerprint density at radius 3 is 2.44 bits per heavy atom. The zero-order valence-corrected chi connectivity index (χ0v) is 11.5. The van der Waals surface area contributed by atoms with Crippen LogP contribution in [0.3, 0.4) is 0 Å². The lowest BCUT2D eigenvalue weighted by molar-refractivity contribution is 0.111. The van der Waals surface area contributed by atoms with Gasteiger partial charge < -0.3 is 9.47 Å². The van der Waals surface area contributed by atoms with Gasteiger partial charge in [0, 0.05) is 0 Å². The van der Waals surface area contributed by atoms with Gasteiger partial charge in [0.15, 0.2) is 0 Å². The van der Waals surface area contributed by atoms with Crippen LogP contribution in [0, 0.1) is 13.8 Å². The molecule has 1 aromatic carbocycles. The average molecular weight is 273 g/mol. The van der Waals surface area contributed by atoms with Gasteiger partial charge in [0.1, 0.15) is 12.4 Å². The van der Waals surface area contributed by atoms with Gasteiger partial charge in [-0.25, -0.2) is 13.6 Å². The number of hydrogen-bond donors (Lipinski definition) is 1. The summed E-state index contributed by atoms with van der Waals surface area (Å²) >= 11 is 0. The molecule has 0 aliphatic carbocycles. The Bertz CT molecular complexity index is 485. The molecule has 0 fully saturated rings. The molecule has 0 aliphatic rings. The molecule has 0 bridgehead atoms. The van der Waals surface area contributed by atoms with E-state index in [0.717, 1.165) is 5.75 Å². The Morgan fingerprint density at radius 2 is 1.83 bits per heavy atom. The number of sulfonamides is 1. The first kappa shape index (κ1) is 14.9. The van der Waals surface area contributed by atoms with Gasteiger partial charge in [0.05, 0.1) is 19.0 Å². The lowest BCUT2D eigenvalue weighted by Gasteiger charge is -2.08. The van der Waals surface area contributed by atoms with Crippen molar-refractivity contribution in [2.75, 3.05) is 25.6 Å². The van der Waals surface area contributed by atoms with Gasteiger partial charge in [-0.3, -0.25) is 0 Å². The van der Waals surface area contributed by atoms with E-state index in [1.54, 1.807) is 0 Å². The van der Waals surface area contributed by atoms with Crippen LogP contribution in [0.4, 0.5) is 0 Å². The minimum absolute atomic E-state index is 0.0924. The first-order valence-electron chi connectivity index (χ1n) is 5.67. The molecule has 0 atom stereocenters. The maximum Gasteiger partial charge on any atom is 0.211 e. The largest absolute Gasteiger partial charge is 0.491 e. The number of primary sulfonamides is 1. The summed E-state index contributed by atoms with van der Waals surface area (Å²) in [6.07, 6.45) is 0. The van der Waals surface area contributed by atoms with Crippen molar-refractivity contribution >= 4 is 10.0 Å². The highest BCUT2D eigenvalue weighted by Gasteiger charge is 2.02. The van der Waals surface area contributed by atoms with Crippen LogP contribution in [-0.4, -0.2) is 34.0 Å². The Morgan fingerprint density at radius 1 is 1.11 bits per heavy atom. The van der Waals surface area contributed by atoms with E-state index in [-0.39, 0.29) is 12.4 Å². The molecule has 0 aliphatic heterocycles. The molecular weight excluding hydrogens is 254 g/mol. The van der Waals surface area contributed by atoms with Gasteiger partial charge in [-0.2, -0.15) is 0 Å². The molecule has 0 saturated carbocycles. The van der Waals surface area contributed by atoms with Gasteiger partial charge in [0.25, 0.3) is 0 Å². The second-order valence-electron chi connectivity index (χ2n) is 4.07. The summed E-state index contributed by atoms with van der Waals surface area (Å²) in [4.78, 5) is 0. The van der Waals surface area contributed by atoms with Gasteiger partial charge in [-0.05, 0) is 37.1 Å². The van der Waals surface area contributed by atoms with Crippen LogP contribution in [0.1, 0.15) is 11.1 Å². The minimum Gasteiger partial charge on any atom is -0.491 e. The molecule has 0 amide bonds. The smallest absolute Gasteiger partial charge is 0.211 e. The lowest BCUT2D eigenvalue weighted by atomic mass is 10.1. The first-order chi connectivity index (χ1) is 8.38. The zero-order chi connectivity index (χ0) is 13.6. The maximum atomic E-state index is 10.6. The van der Waals surface area contributed by atoms with Crippen molar-refractivity contribution in [3.05, 3.63) is 29.3 Å². The van der Waals surface area contributed by atoms with Crippen molar-refractivity contribution in [3.63, 3.8) is 0 Å². The van der Waals surface area contributed by atoms with Gasteiger partial charge in [-0.1, -0.05) is 6.07 Å². The summed E-state index contributed by atoms with van der Waals surface area (Å²) in [5.74, 6) is 0.615. The number of benzene rings is 1. The number of hydrogen-bond acceptors (Lipinski definition) is 4. The van der Waals surface area contributed by atoms with Crippen molar-refractivity contribution in [2.45, 2.75) is 13.8 Å². The van der Waals surface area contributed by atoms with E-state index in [1.807, 2.05) is 32.0 Å². The normalized spacial score (nSPS) is 11.5. The standard InChI is InChI=1S/C12H19NO4S/c1-10-3-4-12(9-11(10)2)17-6-5-16-7-8-18(13,14)15/h3-4,9H,5-8H2,1-2H3,(H2,13,14,15). The topological polar surface area (TPSA) is 78.6 Å². The summed E-state index contributed by atoms with van der Waals surface area (Å²) in [6.45, 7) is 4.87. The number of nitrogens with two attached hydrogens (primary N) is 1. The molecule has 0 saturated heterocycles. The van der Waals surface area contributed by atoms with Crippen molar-refractivity contribution in [2.24, 2.45) is 5.14 Å². The van der Waals surface area contributed by atoms with Crippen molar-refractivity contribution in [3.8, 4) is 5.75 Å². The van der Waals surface area contributed by atoms with Crippen LogP contribution in [0.2, 0.25) is 0 Å². The molecule has 0 heterocycles. The fraction of sp³-hybridized carbons (Fsp3) is 0.500. The molecule has 2 N–H and O–H groups in total. The highest BCUT2D eigenvalue weighted by molar-refractivity contribution is 7.89. The third-order valence-electron chi connectivity index (χ3n) is 2.49. The predicted octanol–water partition coefficient (Wildman–Crippen LogP) is 0.987. The summed E-state index contributed by atoms with van der Waals surface area (Å²) in [7, 11) is -3.44. The Hall–Kier alpha value is -1.11. The average Bonchev–Trinajstić information content (AvgIpc) is 2.26. The quantitative estimate of drug-likeness (QED) is 0.751. The van der Waals surface area contributed by atoms with E-state index in [2.05, 4.69) is 0 Å². The first-order valence-corrected chi connectivity index (χ1v) is 7.38. The minimum atomic E-state index is -3.44. The highest BCUT2D eigenvalue weighted by Crippen LogP contribution is 2.16. The summed E-state index contributed by atoms with van der Waals surface area (Å²) < 4.78 is 31.8. The lowest BCUT2D eigenvalue weighted by Crippen LogP contribution is -2.21. The second-order valence-corrected chi connectivity index (χ2v) is 5.81. The van der Waals surface area contributed by atoms with Crippen LogP contribution < -0.4 is 9.88 Å². The maximum absolute atomic E-state index is 10.6. The molecule has 0 radical (unpaired) electrons. The number of ether oxygens (including phenoxy) is 2. The zero-order valence-electron chi connectivity index (χ0n) is 10.7. The van der Waals surface area contributed by atoms with Gasteiger partial charge in [0.2, 0.25) is 10.0 Å². The molecule has 0 aromatic heterocycles. The summed E-state index contributed by atoms with van der Waals surface area (Å²) in [5.41, 5.74) is 2.38. The third kappa shape index (κ3) is 6.00. The van der Waals surface area contributed by atoms with E-state index >= 15 is 0 Å². The van der Waals surface area contributed by atoms with Crippen molar-refractivity contribution in [1.82, 2.24) is 0 Å².